The number of amides is 1. The van der Waals surface area contributed by atoms with Crippen LogP contribution in [-0.4, -0.2) is 25.2 Å². The standard InChI is InChI=1S/C27H22N2O4/c1-32-27(31)22-14-12-19(13-15-22)24-17-16-23(33-24)18-28-29-26(30)25(20-8-4-2-5-9-20)21-10-6-3-7-11-21/h2-18,25H,1H3,(H,29,30)/b28-18-. The third-order valence-corrected chi connectivity index (χ3v) is 5.11. The first-order chi connectivity index (χ1) is 16.2. The van der Waals surface area contributed by atoms with Crippen LogP contribution in [-0.2, 0) is 9.53 Å². The number of nitrogens with one attached hydrogen (secondary N) is 1. The van der Waals surface area contributed by atoms with Crippen molar-refractivity contribution in [3.05, 3.63) is 120 Å². The van der Waals surface area contributed by atoms with Crippen LogP contribution in [0.1, 0.15) is 33.2 Å². The molecule has 0 fully saturated rings. The Bertz CT molecular complexity index is 1210. The number of carbonyl (C=O) groups is 2. The monoisotopic (exact) mass is 438 g/mol. The van der Waals surface area contributed by atoms with Crippen LogP contribution in [0.25, 0.3) is 11.3 Å². The predicted molar refractivity (Wildman–Crippen MR) is 126 cm³/mol. The van der Waals surface area contributed by atoms with E-state index in [1.807, 2.05) is 60.7 Å². The third kappa shape index (κ3) is 5.25. The highest BCUT2D eigenvalue weighted by atomic mass is 16.5. The molecule has 0 unspecified atom stereocenters. The fourth-order valence-corrected chi connectivity index (χ4v) is 3.48. The van der Waals surface area contributed by atoms with Gasteiger partial charge in [-0.3, -0.25) is 4.79 Å². The molecule has 0 radical (unpaired) electrons. The van der Waals surface area contributed by atoms with Crippen molar-refractivity contribution in [2.75, 3.05) is 7.11 Å². The Morgan fingerprint density at radius 1 is 0.848 bits per heavy atom. The van der Waals surface area contributed by atoms with Crippen molar-refractivity contribution in [1.29, 1.82) is 0 Å². The summed E-state index contributed by atoms with van der Waals surface area (Å²) in [5, 5.41) is 4.09. The van der Waals surface area contributed by atoms with Gasteiger partial charge in [-0.25, -0.2) is 10.2 Å². The van der Waals surface area contributed by atoms with Crippen molar-refractivity contribution >= 4 is 18.1 Å². The zero-order valence-corrected chi connectivity index (χ0v) is 18.0. The molecule has 1 N–H and O–H groups in total. The van der Waals surface area contributed by atoms with Gasteiger partial charge in [0.15, 0.2) is 0 Å². The molecule has 0 saturated carbocycles. The summed E-state index contributed by atoms with van der Waals surface area (Å²) < 4.78 is 10.5. The number of methoxy groups -OCH3 is 1. The lowest BCUT2D eigenvalue weighted by molar-refractivity contribution is -0.121. The highest BCUT2D eigenvalue weighted by Gasteiger charge is 2.22. The van der Waals surface area contributed by atoms with Crippen LogP contribution in [0.4, 0.5) is 0 Å². The van der Waals surface area contributed by atoms with E-state index < -0.39 is 11.9 Å². The number of hydrazone groups is 1. The summed E-state index contributed by atoms with van der Waals surface area (Å²) in [4.78, 5) is 24.5. The Balaban J connectivity index is 1.46. The van der Waals surface area contributed by atoms with Gasteiger partial charge in [-0.1, -0.05) is 72.8 Å². The maximum Gasteiger partial charge on any atom is 0.337 e. The van der Waals surface area contributed by atoms with Gasteiger partial charge in [0.2, 0.25) is 0 Å². The van der Waals surface area contributed by atoms with E-state index in [4.69, 9.17) is 9.15 Å². The lowest BCUT2D eigenvalue weighted by Gasteiger charge is -2.16. The number of rotatable bonds is 7. The summed E-state index contributed by atoms with van der Waals surface area (Å²) in [6, 6.07) is 29.6. The molecule has 0 saturated heterocycles. The van der Waals surface area contributed by atoms with Crippen molar-refractivity contribution in [3.63, 3.8) is 0 Å². The molecule has 0 bridgehead atoms. The minimum absolute atomic E-state index is 0.242. The SMILES string of the molecule is COC(=O)c1ccc(-c2ccc(/C=N\NC(=O)C(c3ccccc3)c3ccccc3)o2)cc1. The fraction of sp³-hybridized carbons (Fsp3) is 0.0741. The first kappa shape index (κ1) is 21.8. The van der Waals surface area contributed by atoms with Crippen LogP contribution < -0.4 is 5.43 Å². The summed E-state index contributed by atoms with van der Waals surface area (Å²) in [5.74, 6) is -0.0170. The van der Waals surface area contributed by atoms with E-state index in [0.717, 1.165) is 16.7 Å². The van der Waals surface area contributed by atoms with E-state index in [1.54, 1.807) is 36.4 Å². The Labute approximate surface area is 191 Å². The van der Waals surface area contributed by atoms with Crippen molar-refractivity contribution in [2.45, 2.75) is 5.92 Å². The van der Waals surface area contributed by atoms with E-state index >= 15 is 0 Å². The molecule has 4 aromatic rings. The smallest absolute Gasteiger partial charge is 0.337 e. The molecular weight excluding hydrogens is 416 g/mol. The van der Waals surface area contributed by atoms with Crippen LogP contribution in [0.5, 0.6) is 0 Å². The van der Waals surface area contributed by atoms with Gasteiger partial charge in [0.25, 0.3) is 5.91 Å². The Morgan fingerprint density at radius 3 is 2.03 bits per heavy atom. The van der Waals surface area contributed by atoms with Gasteiger partial charge >= 0.3 is 5.97 Å². The van der Waals surface area contributed by atoms with E-state index in [0.29, 0.717) is 17.1 Å². The quantitative estimate of drug-likeness (QED) is 0.250. The molecule has 3 aromatic carbocycles. The molecule has 0 spiro atoms. The minimum atomic E-state index is -0.481. The Morgan fingerprint density at radius 2 is 1.45 bits per heavy atom. The lowest BCUT2D eigenvalue weighted by Crippen LogP contribution is -2.26. The summed E-state index contributed by atoms with van der Waals surface area (Å²) in [6.07, 6.45) is 1.46. The second-order valence-electron chi connectivity index (χ2n) is 7.26. The van der Waals surface area contributed by atoms with Crippen molar-refractivity contribution < 1.29 is 18.7 Å². The summed E-state index contributed by atoms with van der Waals surface area (Å²) >= 11 is 0. The number of carbonyl (C=O) groups excluding carboxylic acids is 2. The number of benzene rings is 3. The normalized spacial score (nSPS) is 11.0. The maximum absolute atomic E-state index is 13.0. The molecule has 1 heterocycles. The number of nitrogens with zero attached hydrogens (tertiary/aromatic N) is 1. The van der Waals surface area contributed by atoms with Gasteiger partial charge in [0.1, 0.15) is 11.5 Å². The molecule has 6 nitrogen and oxygen atoms in total. The summed E-state index contributed by atoms with van der Waals surface area (Å²) in [6.45, 7) is 0. The number of ether oxygens (including phenoxy) is 1. The van der Waals surface area contributed by atoms with E-state index in [1.165, 1.54) is 13.3 Å². The highest BCUT2D eigenvalue weighted by molar-refractivity contribution is 5.90. The summed E-state index contributed by atoms with van der Waals surface area (Å²) in [7, 11) is 1.34. The van der Waals surface area contributed by atoms with E-state index in [-0.39, 0.29) is 5.91 Å². The molecule has 0 aliphatic rings. The van der Waals surface area contributed by atoms with Crippen molar-refractivity contribution in [1.82, 2.24) is 5.43 Å². The van der Waals surface area contributed by atoms with Gasteiger partial charge in [0, 0.05) is 5.56 Å². The molecule has 0 aliphatic heterocycles. The average molecular weight is 438 g/mol. The zero-order chi connectivity index (χ0) is 23.0. The number of esters is 1. The largest absolute Gasteiger partial charge is 0.465 e. The molecule has 33 heavy (non-hydrogen) atoms. The van der Waals surface area contributed by atoms with Crippen molar-refractivity contribution in [3.8, 4) is 11.3 Å². The van der Waals surface area contributed by atoms with Crippen LogP contribution >= 0.6 is 0 Å². The molecule has 4 rings (SSSR count). The van der Waals surface area contributed by atoms with Crippen molar-refractivity contribution in [2.24, 2.45) is 5.10 Å². The topological polar surface area (TPSA) is 80.9 Å². The first-order valence-electron chi connectivity index (χ1n) is 10.4. The van der Waals surface area contributed by atoms with Crippen LogP contribution in [0, 0.1) is 0 Å². The molecule has 0 aliphatic carbocycles. The molecule has 6 heteroatoms. The van der Waals surface area contributed by atoms with Gasteiger partial charge in [-0.15, -0.1) is 0 Å². The highest BCUT2D eigenvalue weighted by Crippen LogP contribution is 2.25. The summed E-state index contributed by atoms with van der Waals surface area (Å²) in [5.41, 5.74) is 5.65. The number of hydrogen-bond acceptors (Lipinski definition) is 5. The van der Waals surface area contributed by atoms with Gasteiger partial charge in [0.05, 0.1) is 24.8 Å². The minimum Gasteiger partial charge on any atom is -0.465 e. The molecule has 1 amide bonds. The number of furan rings is 1. The molecular formula is C27H22N2O4. The fourth-order valence-electron chi connectivity index (χ4n) is 3.48. The Kier molecular flexibility index (Phi) is 6.75. The van der Waals surface area contributed by atoms with E-state index in [9.17, 15) is 9.59 Å². The second-order valence-corrected chi connectivity index (χ2v) is 7.26. The molecule has 164 valence electrons. The zero-order valence-electron chi connectivity index (χ0n) is 18.0. The van der Waals surface area contributed by atoms with Gasteiger partial charge in [-0.05, 0) is 35.4 Å². The van der Waals surface area contributed by atoms with E-state index in [2.05, 4.69) is 10.5 Å². The molecule has 0 atom stereocenters. The van der Waals surface area contributed by atoms with Crippen LogP contribution in [0.15, 0.2) is 107 Å². The van der Waals surface area contributed by atoms with Crippen LogP contribution in [0.2, 0.25) is 0 Å². The van der Waals surface area contributed by atoms with Gasteiger partial charge in [-0.2, -0.15) is 5.10 Å². The first-order valence-corrected chi connectivity index (χ1v) is 10.4. The Hall–Kier alpha value is -4.45. The maximum atomic E-state index is 13.0. The number of hydrogen-bond donors (Lipinski definition) is 1. The second kappa shape index (κ2) is 10.2. The average Bonchev–Trinajstić information content (AvgIpc) is 3.34. The third-order valence-electron chi connectivity index (χ3n) is 5.11. The lowest BCUT2D eigenvalue weighted by atomic mass is 9.91. The molecule has 1 aromatic heterocycles. The van der Waals surface area contributed by atoms with Gasteiger partial charge < -0.3 is 9.15 Å². The van der Waals surface area contributed by atoms with Crippen LogP contribution in [0.3, 0.4) is 0 Å². The predicted octanol–water partition coefficient (Wildman–Crippen LogP) is 5.02.